The maximum absolute atomic E-state index is 12.9. The molecule has 7 nitrogen and oxygen atoms in total. The van der Waals surface area contributed by atoms with E-state index in [1.807, 2.05) is 0 Å². The fourth-order valence-electron chi connectivity index (χ4n) is 2.98. The molecule has 8 heteroatoms. The van der Waals surface area contributed by atoms with Crippen LogP contribution in [-0.2, 0) is 16.0 Å². The van der Waals surface area contributed by atoms with Crippen LogP contribution < -0.4 is 5.32 Å². The van der Waals surface area contributed by atoms with Crippen LogP contribution in [0.4, 0.5) is 10.1 Å². The van der Waals surface area contributed by atoms with E-state index in [0.29, 0.717) is 56.2 Å². The lowest BCUT2D eigenvalue weighted by Gasteiger charge is -2.31. The van der Waals surface area contributed by atoms with Gasteiger partial charge in [0, 0.05) is 37.5 Å². The van der Waals surface area contributed by atoms with Crippen LogP contribution in [0.5, 0.6) is 0 Å². The molecule has 1 aliphatic rings. The molecule has 1 saturated heterocycles. The molecule has 0 bridgehead atoms. The summed E-state index contributed by atoms with van der Waals surface area (Å²) >= 11 is 0. The number of amides is 2. The second-order valence-electron chi connectivity index (χ2n) is 6.39. The molecule has 2 amide bonds. The zero-order chi connectivity index (χ0) is 18.5. The molecule has 2 aromatic rings. The zero-order valence-corrected chi connectivity index (χ0v) is 14.6. The third kappa shape index (κ3) is 4.65. The topological polar surface area (TPSA) is 88.3 Å². The van der Waals surface area contributed by atoms with Crippen LogP contribution >= 0.6 is 0 Å². The lowest BCUT2D eigenvalue weighted by molar-refractivity contribution is -0.134. The SMILES string of the molecule is Cc1noc(CCC(=O)N2CCC(C(=O)Nc3ccc(F)cc3)CC2)n1. The molecular weight excluding hydrogens is 339 g/mol. The largest absolute Gasteiger partial charge is 0.343 e. The molecular formula is C18H21FN4O3. The molecule has 0 spiro atoms. The Morgan fingerprint density at radius 3 is 2.58 bits per heavy atom. The second-order valence-corrected chi connectivity index (χ2v) is 6.39. The van der Waals surface area contributed by atoms with E-state index in [1.165, 1.54) is 24.3 Å². The lowest BCUT2D eigenvalue weighted by Crippen LogP contribution is -2.41. The van der Waals surface area contributed by atoms with Crippen molar-refractivity contribution in [2.75, 3.05) is 18.4 Å². The van der Waals surface area contributed by atoms with Crippen LogP contribution in [0.15, 0.2) is 28.8 Å². The normalized spacial score (nSPS) is 15.1. The van der Waals surface area contributed by atoms with Crippen LogP contribution in [0.2, 0.25) is 0 Å². The van der Waals surface area contributed by atoms with Gasteiger partial charge in [0.1, 0.15) is 5.82 Å². The number of hydrogen-bond acceptors (Lipinski definition) is 5. The van der Waals surface area contributed by atoms with E-state index in [1.54, 1.807) is 11.8 Å². The number of aromatic nitrogens is 2. The average Bonchev–Trinajstić information content (AvgIpc) is 3.07. The van der Waals surface area contributed by atoms with Crippen molar-refractivity contribution in [3.63, 3.8) is 0 Å². The molecule has 0 radical (unpaired) electrons. The number of carbonyl (C=O) groups excluding carboxylic acids is 2. The first-order chi connectivity index (χ1) is 12.5. The van der Waals surface area contributed by atoms with Crippen molar-refractivity contribution < 1.29 is 18.5 Å². The van der Waals surface area contributed by atoms with E-state index in [9.17, 15) is 14.0 Å². The van der Waals surface area contributed by atoms with Crippen molar-refractivity contribution in [2.24, 2.45) is 5.92 Å². The minimum Gasteiger partial charge on any atom is -0.343 e. The van der Waals surface area contributed by atoms with Crippen molar-refractivity contribution >= 4 is 17.5 Å². The molecule has 1 fully saturated rings. The summed E-state index contributed by atoms with van der Waals surface area (Å²) in [5, 5.41) is 6.49. The highest BCUT2D eigenvalue weighted by atomic mass is 19.1. The Morgan fingerprint density at radius 1 is 1.27 bits per heavy atom. The number of carbonyl (C=O) groups is 2. The van der Waals surface area contributed by atoms with Crippen LogP contribution in [0.25, 0.3) is 0 Å². The molecule has 1 aromatic carbocycles. The van der Waals surface area contributed by atoms with Gasteiger partial charge in [-0.25, -0.2) is 4.39 Å². The van der Waals surface area contributed by atoms with Crippen molar-refractivity contribution in [3.05, 3.63) is 41.8 Å². The van der Waals surface area contributed by atoms with E-state index in [2.05, 4.69) is 15.5 Å². The average molecular weight is 360 g/mol. The van der Waals surface area contributed by atoms with Crippen molar-refractivity contribution in [2.45, 2.75) is 32.6 Å². The van der Waals surface area contributed by atoms with Gasteiger partial charge in [0.05, 0.1) is 0 Å². The Labute approximate surface area is 150 Å². The summed E-state index contributed by atoms with van der Waals surface area (Å²) in [6.07, 6.45) is 1.95. The van der Waals surface area contributed by atoms with Crippen molar-refractivity contribution in [1.29, 1.82) is 0 Å². The van der Waals surface area contributed by atoms with Crippen LogP contribution in [0, 0.1) is 18.7 Å². The third-order valence-corrected chi connectivity index (χ3v) is 4.45. The van der Waals surface area contributed by atoms with Crippen LogP contribution in [0.1, 0.15) is 31.0 Å². The Balaban J connectivity index is 1.43. The molecule has 0 saturated carbocycles. The summed E-state index contributed by atoms with van der Waals surface area (Å²) < 4.78 is 17.9. The summed E-state index contributed by atoms with van der Waals surface area (Å²) in [4.78, 5) is 30.4. The zero-order valence-electron chi connectivity index (χ0n) is 14.6. The van der Waals surface area contributed by atoms with Crippen LogP contribution in [0.3, 0.4) is 0 Å². The predicted octanol–water partition coefficient (Wildman–Crippen LogP) is 2.33. The molecule has 1 aromatic heterocycles. The minimum absolute atomic E-state index is 0.0262. The Hall–Kier alpha value is -2.77. The Bertz CT molecular complexity index is 767. The Kier molecular flexibility index (Phi) is 5.60. The number of rotatable bonds is 5. The third-order valence-electron chi connectivity index (χ3n) is 4.45. The second kappa shape index (κ2) is 8.07. The smallest absolute Gasteiger partial charge is 0.227 e. The van der Waals surface area contributed by atoms with Crippen molar-refractivity contribution in [3.8, 4) is 0 Å². The fourth-order valence-corrected chi connectivity index (χ4v) is 2.98. The van der Waals surface area contributed by atoms with Gasteiger partial charge in [-0.3, -0.25) is 9.59 Å². The molecule has 0 aliphatic carbocycles. The number of anilines is 1. The molecule has 0 atom stereocenters. The van der Waals surface area contributed by atoms with Crippen LogP contribution in [-0.4, -0.2) is 39.9 Å². The molecule has 2 heterocycles. The van der Waals surface area contributed by atoms with Gasteiger partial charge in [-0.1, -0.05) is 5.16 Å². The number of halogens is 1. The number of nitrogens with zero attached hydrogens (tertiary/aromatic N) is 3. The first-order valence-corrected chi connectivity index (χ1v) is 8.64. The van der Waals surface area contributed by atoms with E-state index >= 15 is 0 Å². The van der Waals surface area contributed by atoms with Gasteiger partial charge < -0.3 is 14.7 Å². The number of nitrogens with one attached hydrogen (secondary N) is 1. The summed E-state index contributed by atoms with van der Waals surface area (Å²) in [5.74, 6) is 0.460. The first kappa shape index (κ1) is 18.0. The molecule has 1 N–H and O–H groups in total. The van der Waals surface area contributed by atoms with E-state index < -0.39 is 0 Å². The molecule has 3 rings (SSSR count). The summed E-state index contributed by atoms with van der Waals surface area (Å²) in [7, 11) is 0. The number of piperidine rings is 1. The van der Waals surface area contributed by atoms with E-state index in [0.717, 1.165) is 0 Å². The minimum atomic E-state index is -0.342. The highest BCUT2D eigenvalue weighted by Crippen LogP contribution is 2.20. The highest BCUT2D eigenvalue weighted by molar-refractivity contribution is 5.92. The maximum atomic E-state index is 12.9. The molecule has 1 aliphatic heterocycles. The van der Waals surface area contributed by atoms with Gasteiger partial charge in [0.15, 0.2) is 5.82 Å². The predicted molar refractivity (Wildman–Crippen MR) is 91.7 cm³/mol. The standard InChI is InChI=1S/C18H21FN4O3/c1-12-20-16(26-22-12)6-7-17(24)23-10-8-13(9-11-23)18(25)21-15-4-2-14(19)3-5-15/h2-5,13H,6-11H2,1H3,(H,21,25). The number of hydrogen-bond donors (Lipinski definition) is 1. The van der Waals surface area contributed by atoms with Gasteiger partial charge in [-0.2, -0.15) is 4.98 Å². The molecule has 138 valence electrons. The fraction of sp³-hybridized carbons (Fsp3) is 0.444. The highest BCUT2D eigenvalue weighted by Gasteiger charge is 2.27. The molecule has 0 unspecified atom stereocenters. The van der Waals surface area contributed by atoms with Crippen molar-refractivity contribution in [1.82, 2.24) is 15.0 Å². The summed E-state index contributed by atoms with van der Waals surface area (Å²) in [6.45, 7) is 2.82. The number of likely N-dealkylation sites (tertiary alicyclic amines) is 1. The molecule has 26 heavy (non-hydrogen) atoms. The van der Waals surface area contributed by atoms with E-state index in [4.69, 9.17) is 4.52 Å². The summed E-state index contributed by atoms with van der Waals surface area (Å²) in [5.41, 5.74) is 0.574. The van der Waals surface area contributed by atoms with Gasteiger partial charge in [-0.05, 0) is 44.0 Å². The van der Waals surface area contributed by atoms with Gasteiger partial charge in [0.2, 0.25) is 17.7 Å². The quantitative estimate of drug-likeness (QED) is 0.884. The maximum Gasteiger partial charge on any atom is 0.227 e. The monoisotopic (exact) mass is 360 g/mol. The first-order valence-electron chi connectivity index (χ1n) is 8.64. The van der Waals surface area contributed by atoms with Gasteiger partial charge in [0.25, 0.3) is 0 Å². The van der Waals surface area contributed by atoms with Gasteiger partial charge >= 0.3 is 0 Å². The lowest BCUT2D eigenvalue weighted by atomic mass is 9.95. The van der Waals surface area contributed by atoms with Gasteiger partial charge in [-0.15, -0.1) is 0 Å². The summed E-state index contributed by atoms with van der Waals surface area (Å²) in [6, 6.07) is 5.68. The van der Waals surface area contributed by atoms with E-state index in [-0.39, 0.29) is 23.5 Å². The Morgan fingerprint density at radius 2 is 1.96 bits per heavy atom. The number of aryl methyl sites for hydroxylation is 2. The number of benzene rings is 1.